The molecule has 34 heavy (non-hydrogen) atoms. The molecule has 0 aliphatic carbocycles. The molecule has 3 heterocycles. The van der Waals surface area contributed by atoms with E-state index in [2.05, 4.69) is 10.3 Å². The molecule has 0 bridgehead atoms. The summed E-state index contributed by atoms with van der Waals surface area (Å²) in [6.07, 6.45) is 3.08. The van der Waals surface area contributed by atoms with Crippen LogP contribution in [0, 0.1) is 11.3 Å². The van der Waals surface area contributed by atoms with Crippen molar-refractivity contribution in [3.05, 3.63) is 88.7 Å². The van der Waals surface area contributed by atoms with Crippen LogP contribution < -0.4 is 11.4 Å². The molecule has 0 spiro atoms. The topological polar surface area (TPSA) is 142 Å². The summed E-state index contributed by atoms with van der Waals surface area (Å²) in [7, 11) is 1.22. The average molecular weight is 452 g/mol. The van der Waals surface area contributed by atoms with Crippen molar-refractivity contribution in [3.63, 3.8) is 0 Å². The van der Waals surface area contributed by atoms with Crippen molar-refractivity contribution in [2.24, 2.45) is 0 Å². The minimum absolute atomic E-state index is 0.00616. The van der Waals surface area contributed by atoms with E-state index in [4.69, 9.17) is 14.9 Å². The second kappa shape index (κ2) is 8.07. The first-order chi connectivity index (χ1) is 16.5. The molecule has 0 saturated heterocycles. The zero-order chi connectivity index (χ0) is 23.8. The number of carbonyl (C=O) groups is 1. The summed E-state index contributed by atoms with van der Waals surface area (Å²) in [4.78, 5) is 25.0. The van der Waals surface area contributed by atoms with E-state index in [9.17, 15) is 14.9 Å². The van der Waals surface area contributed by atoms with Crippen molar-refractivity contribution in [3.8, 4) is 28.7 Å². The summed E-state index contributed by atoms with van der Waals surface area (Å²) < 4.78 is 13.1. The summed E-state index contributed by atoms with van der Waals surface area (Å²) in [5.41, 5.74) is 7.89. The second-order valence-electron chi connectivity index (χ2n) is 7.33. The summed E-state index contributed by atoms with van der Waals surface area (Å²) in [5.74, 6) is -0.698. The number of anilines is 1. The number of carbonyl (C=O) groups excluding carboxylic acids is 1. The van der Waals surface area contributed by atoms with E-state index in [-0.39, 0.29) is 28.2 Å². The smallest absolute Gasteiger partial charge is 0.362 e. The molecule has 5 aromatic rings. The van der Waals surface area contributed by atoms with Crippen LogP contribution >= 0.6 is 0 Å². The van der Waals surface area contributed by atoms with E-state index in [1.807, 2.05) is 36.4 Å². The molecular formula is C24H16N6O4. The van der Waals surface area contributed by atoms with Gasteiger partial charge in [-0.15, -0.1) is 5.10 Å². The van der Waals surface area contributed by atoms with Crippen LogP contribution in [0.15, 0.2) is 76.2 Å². The number of nitriles is 1. The lowest BCUT2D eigenvalue weighted by Gasteiger charge is -2.09. The lowest BCUT2D eigenvalue weighted by molar-refractivity contribution is 0.0593. The number of hydrogen-bond donors (Lipinski definition) is 1. The van der Waals surface area contributed by atoms with Crippen LogP contribution in [0.4, 0.5) is 5.69 Å². The lowest BCUT2D eigenvalue weighted by Crippen LogP contribution is -2.12. The van der Waals surface area contributed by atoms with Crippen molar-refractivity contribution >= 4 is 22.6 Å². The SMILES string of the molecule is COC(=O)c1c(N)c(C#N)cn1-c1ccc2cc(-n3cc(-c4ccccc4)nn3)c(=O)oc2c1. The number of rotatable bonds is 4. The van der Waals surface area contributed by atoms with E-state index in [0.717, 1.165) is 5.56 Å². The molecule has 10 heteroatoms. The Labute approximate surface area is 192 Å². The van der Waals surface area contributed by atoms with Crippen LogP contribution in [-0.2, 0) is 4.74 Å². The molecule has 0 radical (unpaired) electrons. The standard InChI is InChI=1S/C24H16N6O4/c1-33-24(32)22-21(26)16(11-25)12-29(22)17-8-7-15-9-19(23(31)34-20(15)10-17)30-13-18(27-28-30)14-5-3-2-4-6-14/h2-10,12-13H,26H2,1H3. The number of nitrogen functional groups attached to an aromatic ring is 1. The van der Waals surface area contributed by atoms with E-state index in [1.165, 1.54) is 22.6 Å². The maximum atomic E-state index is 12.8. The van der Waals surface area contributed by atoms with Gasteiger partial charge in [-0.2, -0.15) is 5.26 Å². The average Bonchev–Trinajstić information content (AvgIpc) is 3.48. The van der Waals surface area contributed by atoms with E-state index in [1.54, 1.807) is 30.5 Å². The highest BCUT2D eigenvalue weighted by Crippen LogP contribution is 2.27. The van der Waals surface area contributed by atoms with E-state index in [0.29, 0.717) is 16.8 Å². The number of esters is 1. The molecule has 5 rings (SSSR count). The fraction of sp³-hybridized carbons (Fsp3) is 0.0417. The van der Waals surface area contributed by atoms with Crippen LogP contribution in [-0.4, -0.2) is 32.6 Å². The fourth-order valence-corrected chi connectivity index (χ4v) is 3.64. The molecule has 166 valence electrons. The highest BCUT2D eigenvalue weighted by molar-refractivity contribution is 5.96. The maximum Gasteiger partial charge on any atom is 0.362 e. The molecule has 0 atom stereocenters. The van der Waals surface area contributed by atoms with Gasteiger partial charge < -0.3 is 19.5 Å². The van der Waals surface area contributed by atoms with Gasteiger partial charge in [-0.25, -0.2) is 14.3 Å². The van der Waals surface area contributed by atoms with Gasteiger partial charge in [0.25, 0.3) is 0 Å². The van der Waals surface area contributed by atoms with Gasteiger partial charge in [0.05, 0.1) is 24.6 Å². The van der Waals surface area contributed by atoms with Gasteiger partial charge >= 0.3 is 11.6 Å². The molecular weight excluding hydrogens is 436 g/mol. The third-order valence-corrected chi connectivity index (χ3v) is 5.33. The lowest BCUT2D eigenvalue weighted by atomic mass is 10.2. The maximum absolute atomic E-state index is 12.8. The Balaban J connectivity index is 1.59. The summed E-state index contributed by atoms with van der Waals surface area (Å²) >= 11 is 0. The Morgan fingerprint density at radius 1 is 1.15 bits per heavy atom. The first-order valence-electron chi connectivity index (χ1n) is 10.1. The van der Waals surface area contributed by atoms with Crippen LogP contribution in [0.2, 0.25) is 0 Å². The minimum Gasteiger partial charge on any atom is -0.464 e. The first kappa shape index (κ1) is 20.7. The zero-order valence-corrected chi connectivity index (χ0v) is 17.8. The molecule has 10 nitrogen and oxygen atoms in total. The van der Waals surface area contributed by atoms with Crippen LogP contribution in [0.5, 0.6) is 0 Å². The third-order valence-electron chi connectivity index (χ3n) is 5.33. The molecule has 2 aromatic carbocycles. The van der Waals surface area contributed by atoms with E-state index >= 15 is 0 Å². The van der Waals surface area contributed by atoms with Crippen molar-refractivity contribution in [1.29, 1.82) is 5.26 Å². The number of ether oxygens (including phenoxy) is 1. The highest BCUT2D eigenvalue weighted by atomic mass is 16.5. The van der Waals surface area contributed by atoms with E-state index < -0.39 is 11.6 Å². The van der Waals surface area contributed by atoms with Gasteiger partial charge in [-0.05, 0) is 18.2 Å². The molecule has 0 saturated carbocycles. The van der Waals surface area contributed by atoms with Crippen molar-refractivity contribution in [2.75, 3.05) is 12.8 Å². The van der Waals surface area contributed by atoms with Crippen molar-refractivity contribution < 1.29 is 13.9 Å². The fourth-order valence-electron chi connectivity index (χ4n) is 3.64. The predicted molar refractivity (Wildman–Crippen MR) is 123 cm³/mol. The van der Waals surface area contributed by atoms with Crippen molar-refractivity contribution in [1.82, 2.24) is 19.6 Å². The summed E-state index contributed by atoms with van der Waals surface area (Å²) in [6.45, 7) is 0. The zero-order valence-electron chi connectivity index (χ0n) is 17.8. The molecule has 0 unspecified atom stereocenters. The summed E-state index contributed by atoms with van der Waals surface area (Å²) in [5, 5.41) is 18.1. The number of methoxy groups -OCH3 is 1. The number of fused-ring (bicyclic) bond motifs is 1. The Kier molecular flexibility index (Phi) is 4.92. The predicted octanol–water partition coefficient (Wildman–Crippen LogP) is 3.07. The van der Waals surface area contributed by atoms with Gasteiger partial charge in [-0.3, -0.25) is 0 Å². The monoisotopic (exact) mass is 452 g/mol. The molecule has 2 N–H and O–H groups in total. The number of nitrogens with two attached hydrogens (primary N) is 1. The number of aromatic nitrogens is 4. The normalized spacial score (nSPS) is 10.8. The Hall–Kier alpha value is -5.17. The molecule has 0 amide bonds. The Morgan fingerprint density at radius 2 is 1.94 bits per heavy atom. The van der Waals surface area contributed by atoms with Crippen LogP contribution in [0.3, 0.4) is 0 Å². The largest absolute Gasteiger partial charge is 0.464 e. The number of hydrogen-bond acceptors (Lipinski definition) is 8. The van der Waals surface area contributed by atoms with Gasteiger partial charge in [0.2, 0.25) is 0 Å². The number of nitrogens with zero attached hydrogens (tertiary/aromatic N) is 5. The van der Waals surface area contributed by atoms with Gasteiger partial charge in [0.15, 0.2) is 11.4 Å². The minimum atomic E-state index is -0.698. The molecule has 0 aliphatic rings. The highest BCUT2D eigenvalue weighted by Gasteiger charge is 2.22. The molecule has 0 aliphatic heterocycles. The van der Waals surface area contributed by atoms with Crippen LogP contribution in [0.1, 0.15) is 16.1 Å². The Bertz CT molecular complexity index is 1660. The van der Waals surface area contributed by atoms with Gasteiger partial charge in [-0.1, -0.05) is 35.5 Å². The number of benzene rings is 2. The first-order valence-corrected chi connectivity index (χ1v) is 10.1. The second-order valence-corrected chi connectivity index (χ2v) is 7.33. The van der Waals surface area contributed by atoms with Crippen LogP contribution in [0.25, 0.3) is 33.6 Å². The molecule has 0 fully saturated rings. The Morgan fingerprint density at radius 3 is 2.68 bits per heavy atom. The van der Waals surface area contributed by atoms with Gasteiger partial charge in [0.1, 0.15) is 17.3 Å². The van der Waals surface area contributed by atoms with Gasteiger partial charge in [0, 0.05) is 28.9 Å². The quantitative estimate of drug-likeness (QED) is 0.324. The third kappa shape index (κ3) is 3.37. The summed E-state index contributed by atoms with van der Waals surface area (Å²) in [6, 6.07) is 18.1. The molecule has 3 aromatic heterocycles. The van der Waals surface area contributed by atoms with Crippen molar-refractivity contribution in [2.45, 2.75) is 0 Å².